The van der Waals surface area contributed by atoms with E-state index in [0.29, 0.717) is 12.4 Å². The molecule has 0 heterocycles. The number of esters is 1. The van der Waals surface area contributed by atoms with Gasteiger partial charge in [0.05, 0.1) is 17.5 Å². The minimum atomic E-state index is -0.355. The van der Waals surface area contributed by atoms with E-state index >= 15 is 0 Å². The van der Waals surface area contributed by atoms with Gasteiger partial charge in [-0.2, -0.15) is 0 Å². The highest BCUT2D eigenvalue weighted by Gasteiger charge is 2.09. The number of benzene rings is 1. The molecule has 0 unspecified atom stereocenters. The highest BCUT2D eigenvalue weighted by Crippen LogP contribution is 2.23. The summed E-state index contributed by atoms with van der Waals surface area (Å²) in [5.74, 6) is 0.132. The molecule has 0 aliphatic carbocycles. The number of hydrogen-bond donors (Lipinski definition) is 0. The second-order valence-corrected chi connectivity index (χ2v) is 4.42. The van der Waals surface area contributed by atoms with Crippen molar-refractivity contribution in [3.8, 4) is 5.75 Å². The van der Waals surface area contributed by atoms with Gasteiger partial charge in [0, 0.05) is 6.42 Å². The molecule has 1 aromatic carbocycles. The first-order valence-electron chi connectivity index (χ1n) is 5.68. The van der Waals surface area contributed by atoms with Gasteiger partial charge in [-0.3, -0.25) is 9.59 Å². The molecule has 4 nitrogen and oxygen atoms in total. The second-order valence-electron chi connectivity index (χ2n) is 3.56. The Hall–Kier alpha value is -1.36. The Kier molecular flexibility index (Phi) is 6.43. The summed E-state index contributed by atoms with van der Waals surface area (Å²) in [5.41, 5.74) is 0. The zero-order valence-corrected chi connectivity index (χ0v) is 11.7. The number of ether oxygens (including phenoxy) is 2. The second kappa shape index (κ2) is 7.87. The van der Waals surface area contributed by atoms with Crippen LogP contribution in [0.4, 0.5) is 0 Å². The highest BCUT2D eigenvalue weighted by atomic mass is 79.9. The summed E-state index contributed by atoms with van der Waals surface area (Å²) >= 11 is 3.32. The molecule has 1 aromatic rings. The topological polar surface area (TPSA) is 52.6 Å². The Morgan fingerprint density at radius 3 is 2.61 bits per heavy atom. The van der Waals surface area contributed by atoms with Gasteiger partial charge in [-0.1, -0.05) is 12.1 Å². The SMILES string of the molecule is CCOC(=O)CCC(=O)COc1ccccc1Br. The number of carbonyl (C=O) groups excluding carboxylic acids is 2. The van der Waals surface area contributed by atoms with Gasteiger partial charge in [-0.25, -0.2) is 0 Å². The van der Waals surface area contributed by atoms with Gasteiger partial charge in [0.1, 0.15) is 12.4 Å². The monoisotopic (exact) mass is 314 g/mol. The molecule has 0 aliphatic rings. The molecule has 18 heavy (non-hydrogen) atoms. The van der Waals surface area contributed by atoms with Crippen molar-refractivity contribution in [1.29, 1.82) is 0 Å². The zero-order chi connectivity index (χ0) is 13.4. The third kappa shape index (κ3) is 5.31. The maximum absolute atomic E-state index is 11.5. The molecule has 0 fully saturated rings. The van der Waals surface area contributed by atoms with Crippen molar-refractivity contribution in [2.24, 2.45) is 0 Å². The first-order chi connectivity index (χ1) is 8.63. The summed E-state index contributed by atoms with van der Waals surface area (Å²) in [5, 5.41) is 0. The lowest BCUT2D eigenvalue weighted by molar-refractivity contribution is -0.144. The first-order valence-corrected chi connectivity index (χ1v) is 6.47. The number of halogens is 1. The minimum absolute atomic E-state index is 0.0397. The van der Waals surface area contributed by atoms with E-state index < -0.39 is 0 Å². The predicted octanol–water partition coefficient (Wildman–Crippen LogP) is 2.74. The van der Waals surface area contributed by atoms with Gasteiger partial charge in [-0.05, 0) is 35.0 Å². The summed E-state index contributed by atoms with van der Waals surface area (Å²) < 4.78 is 10.9. The summed E-state index contributed by atoms with van der Waals surface area (Å²) in [4.78, 5) is 22.5. The molecule has 0 spiro atoms. The number of hydrogen-bond acceptors (Lipinski definition) is 4. The van der Waals surface area contributed by atoms with Crippen molar-refractivity contribution in [1.82, 2.24) is 0 Å². The number of rotatable bonds is 7. The molecule has 0 saturated carbocycles. The number of para-hydroxylation sites is 1. The van der Waals surface area contributed by atoms with Crippen LogP contribution in [0.25, 0.3) is 0 Å². The molecule has 98 valence electrons. The normalized spacial score (nSPS) is 9.89. The van der Waals surface area contributed by atoms with Crippen molar-refractivity contribution >= 4 is 27.7 Å². The Morgan fingerprint density at radius 1 is 1.22 bits per heavy atom. The van der Waals surface area contributed by atoms with E-state index in [4.69, 9.17) is 9.47 Å². The number of Topliss-reactive ketones (excluding diaryl/α,β-unsaturated/α-hetero) is 1. The van der Waals surface area contributed by atoms with Crippen molar-refractivity contribution in [3.05, 3.63) is 28.7 Å². The third-order valence-corrected chi connectivity index (χ3v) is 2.79. The van der Waals surface area contributed by atoms with E-state index in [-0.39, 0.29) is 31.2 Å². The smallest absolute Gasteiger partial charge is 0.306 e. The van der Waals surface area contributed by atoms with Gasteiger partial charge >= 0.3 is 5.97 Å². The standard InChI is InChI=1S/C13H15BrO4/c1-2-17-13(16)8-7-10(15)9-18-12-6-4-3-5-11(12)14/h3-6H,2,7-9H2,1H3. The van der Waals surface area contributed by atoms with Crippen LogP contribution >= 0.6 is 15.9 Å². The summed E-state index contributed by atoms with van der Waals surface area (Å²) in [7, 11) is 0. The quantitative estimate of drug-likeness (QED) is 0.726. The minimum Gasteiger partial charge on any atom is -0.485 e. The van der Waals surface area contributed by atoms with E-state index in [9.17, 15) is 9.59 Å². The van der Waals surface area contributed by atoms with E-state index in [1.54, 1.807) is 13.0 Å². The van der Waals surface area contributed by atoms with Crippen LogP contribution in [-0.4, -0.2) is 25.0 Å². The molecule has 0 amide bonds. The largest absolute Gasteiger partial charge is 0.485 e. The van der Waals surface area contributed by atoms with E-state index in [1.165, 1.54) is 0 Å². The van der Waals surface area contributed by atoms with Crippen LogP contribution in [0.3, 0.4) is 0 Å². The van der Waals surface area contributed by atoms with Crippen LogP contribution in [0.5, 0.6) is 5.75 Å². The molecule has 0 radical (unpaired) electrons. The molecular weight excluding hydrogens is 300 g/mol. The fraction of sp³-hybridized carbons (Fsp3) is 0.385. The summed E-state index contributed by atoms with van der Waals surface area (Å²) in [6, 6.07) is 7.28. The first kappa shape index (κ1) is 14.7. The van der Waals surface area contributed by atoms with Crippen molar-refractivity contribution < 1.29 is 19.1 Å². The number of ketones is 1. The lowest BCUT2D eigenvalue weighted by atomic mass is 10.2. The maximum Gasteiger partial charge on any atom is 0.306 e. The Bertz CT molecular complexity index is 417. The van der Waals surface area contributed by atoms with Crippen LogP contribution < -0.4 is 4.74 Å². The number of carbonyl (C=O) groups is 2. The summed E-state index contributed by atoms with van der Waals surface area (Å²) in [6.07, 6.45) is 0.245. The van der Waals surface area contributed by atoms with Gasteiger partial charge in [0.15, 0.2) is 5.78 Å². The molecule has 0 aliphatic heterocycles. The molecule has 0 N–H and O–H groups in total. The van der Waals surface area contributed by atoms with Gasteiger partial charge in [0.2, 0.25) is 0 Å². The Labute approximate surface area is 114 Å². The van der Waals surface area contributed by atoms with Gasteiger partial charge < -0.3 is 9.47 Å². The van der Waals surface area contributed by atoms with Crippen molar-refractivity contribution in [3.63, 3.8) is 0 Å². The Balaban J connectivity index is 2.29. The third-order valence-electron chi connectivity index (χ3n) is 2.14. The molecular formula is C13H15BrO4. The molecule has 0 bridgehead atoms. The molecule has 5 heteroatoms. The fourth-order valence-electron chi connectivity index (χ4n) is 1.27. The van der Waals surface area contributed by atoms with Crippen molar-refractivity contribution in [2.75, 3.05) is 13.2 Å². The Morgan fingerprint density at radius 2 is 1.94 bits per heavy atom. The van der Waals surface area contributed by atoms with E-state index in [2.05, 4.69) is 15.9 Å². The van der Waals surface area contributed by atoms with Gasteiger partial charge in [-0.15, -0.1) is 0 Å². The predicted molar refractivity (Wildman–Crippen MR) is 70.5 cm³/mol. The van der Waals surface area contributed by atoms with E-state index in [1.807, 2.05) is 18.2 Å². The highest BCUT2D eigenvalue weighted by molar-refractivity contribution is 9.10. The van der Waals surface area contributed by atoms with Crippen molar-refractivity contribution in [2.45, 2.75) is 19.8 Å². The molecule has 0 atom stereocenters. The summed E-state index contributed by atoms with van der Waals surface area (Å²) in [6.45, 7) is 2.03. The zero-order valence-electron chi connectivity index (χ0n) is 10.1. The van der Waals surface area contributed by atoms with Crippen LogP contribution in [-0.2, 0) is 14.3 Å². The molecule has 1 rings (SSSR count). The van der Waals surface area contributed by atoms with Crippen LogP contribution in [0.1, 0.15) is 19.8 Å². The van der Waals surface area contributed by atoms with Crippen LogP contribution in [0, 0.1) is 0 Å². The fourth-order valence-corrected chi connectivity index (χ4v) is 1.67. The van der Waals surface area contributed by atoms with Crippen LogP contribution in [0.2, 0.25) is 0 Å². The van der Waals surface area contributed by atoms with E-state index in [0.717, 1.165) is 4.47 Å². The maximum atomic E-state index is 11.5. The lowest BCUT2D eigenvalue weighted by Gasteiger charge is -2.07. The average molecular weight is 315 g/mol. The molecule has 0 aromatic heterocycles. The van der Waals surface area contributed by atoms with Crippen LogP contribution in [0.15, 0.2) is 28.7 Å². The lowest BCUT2D eigenvalue weighted by Crippen LogP contribution is -2.14. The molecule has 0 saturated heterocycles. The van der Waals surface area contributed by atoms with Gasteiger partial charge in [0.25, 0.3) is 0 Å². The average Bonchev–Trinajstić information content (AvgIpc) is 2.36.